The number of carboxylic acid groups (broad SMARTS) is 1. The number of ketones is 3. The van der Waals surface area contributed by atoms with Crippen molar-refractivity contribution in [1.29, 1.82) is 0 Å². The van der Waals surface area contributed by atoms with Gasteiger partial charge in [-0.05, 0) is 31.2 Å². The van der Waals surface area contributed by atoms with Crippen LogP contribution in [0.5, 0.6) is 0 Å². The van der Waals surface area contributed by atoms with Gasteiger partial charge in [0.25, 0.3) is 0 Å². The molecule has 0 spiro atoms. The summed E-state index contributed by atoms with van der Waals surface area (Å²) in [5, 5.41) is 15.7. The number of azide groups is 1. The van der Waals surface area contributed by atoms with Crippen LogP contribution in [0.15, 0.2) is 5.11 Å². The molecule has 14 nitrogen and oxygen atoms in total. The van der Waals surface area contributed by atoms with Gasteiger partial charge in [-0.2, -0.15) is 0 Å². The molecule has 0 unspecified atom stereocenters. The van der Waals surface area contributed by atoms with Gasteiger partial charge in [0.15, 0.2) is 11.6 Å². The molecule has 0 radical (unpaired) electrons. The third-order valence-electron chi connectivity index (χ3n) is 7.21. The minimum Gasteiger partial charge on any atom is -0.481 e. The molecule has 0 heterocycles. The summed E-state index contributed by atoms with van der Waals surface area (Å²) in [7, 11) is 0. The first-order valence-corrected chi connectivity index (χ1v) is 16.8. The van der Waals surface area contributed by atoms with Crippen LogP contribution in [0.4, 0.5) is 0 Å². The Bertz CT molecular complexity index is 948. The number of ether oxygens (including phenoxy) is 4. The van der Waals surface area contributed by atoms with Gasteiger partial charge in [-0.1, -0.05) is 58.0 Å². The van der Waals surface area contributed by atoms with Crippen molar-refractivity contribution in [2.75, 3.05) is 65.9 Å². The zero-order valence-electron chi connectivity index (χ0n) is 28.8. The van der Waals surface area contributed by atoms with Crippen molar-refractivity contribution in [2.45, 2.75) is 104 Å². The van der Waals surface area contributed by atoms with Crippen LogP contribution >= 0.6 is 0 Å². The lowest BCUT2D eigenvalue weighted by atomic mass is 9.91. The number of Topliss-reactive ketones (excluding diaryl/α,β-unsaturated/α-hetero) is 3. The number of hydrogen-bond donors (Lipinski definition) is 2. The normalized spacial score (nSPS) is 11.9. The van der Waals surface area contributed by atoms with Crippen molar-refractivity contribution < 1.29 is 48.0 Å². The summed E-state index contributed by atoms with van der Waals surface area (Å²) in [4.78, 5) is 62.3. The number of unbranched alkanes of at least 4 members (excludes halogenated alkanes) is 6. The van der Waals surface area contributed by atoms with Gasteiger partial charge in [-0.25, -0.2) is 0 Å². The number of carbonyl (C=O) groups excluding carboxylic acids is 4. The van der Waals surface area contributed by atoms with Crippen molar-refractivity contribution in [3.05, 3.63) is 10.4 Å². The van der Waals surface area contributed by atoms with E-state index < -0.39 is 17.3 Å². The molecular formula is C33H58N4O10. The Morgan fingerprint density at radius 2 is 1.30 bits per heavy atom. The fourth-order valence-electron chi connectivity index (χ4n) is 4.23. The molecule has 0 aliphatic rings. The van der Waals surface area contributed by atoms with Crippen molar-refractivity contribution in [1.82, 2.24) is 5.32 Å². The smallest absolute Gasteiger partial charge is 0.306 e. The van der Waals surface area contributed by atoms with Gasteiger partial charge in [0.1, 0.15) is 19.0 Å². The van der Waals surface area contributed by atoms with E-state index in [1.54, 1.807) is 0 Å². The van der Waals surface area contributed by atoms with Crippen LogP contribution in [-0.2, 0) is 42.9 Å². The lowest BCUT2D eigenvalue weighted by molar-refractivity contribution is -0.144. The molecule has 14 heteroatoms. The average molecular weight is 671 g/mol. The molecule has 47 heavy (non-hydrogen) atoms. The van der Waals surface area contributed by atoms with Crippen LogP contribution in [0.3, 0.4) is 0 Å². The van der Waals surface area contributed by atoms with E-state index in [1.807, 2.05) is 20.8 Å². The molecular weight excluding hydrogens is 612 g/mol. The number of hydrogen-bond acceptors (Lipinski definition) is 10. The summed E-state index contributed by atoms with van der Waals surface area (Å²) in [5.41, 5.74) is 7.82. The van der Waals surface area contributed by atoms with Crippen LogP contribution in [-0.4, -0.2) is 100 Å². The first-order chi connectivity index (χ1) is 22.5. The van der Waals surface area contributed by atoms with E-state index in [4.69, 9.17) is 24.5 Å². The van der Waals surface area contributed by atoms with Crippen molar-refractivity contribution in [2.24, 2.45) is 16.4 Å². The maximum Gasteiger partial charge on any atom is 0.306 e. The van der Waals surface area contributed by atoms with E-state index in [0.717, 1.165) is 44.9 Å². The molecule has 1 amide bonds. The van der Waals surface area contributed by atoms with Crippen molar-refractivity contribution in [3.63, 3.8) is 0 Å². The lowest BCUT2D eigenvalue weighted by Crippen LogP contribution is -2.29. The Labute approximate surface area is 279 Å². The number of nitrogens with zero attached hydrogens (tertiary/aromatic N) is 3. The Morgan fingerprint density at radius 3 is 1.94 bits per heavy atom. The molecule has 0 aliphatic heterocycles. The standard InChI is InChI=1S/C33H58N4O10/c1-33(2,3)30(40)26-47-23-20-44-18-11-13-29(39)25-46-22-21-45-19-17-35-31(41)15-14-27(32(42)43)24-28(38)12-9-7-5-4-6-8-10-16-36-37-34/h27H,4-26H2,1-3H3,(H,35,41)(H,42,43)/t27-/m1/s1. The zero-order chi connectivity index (χ0) is 35.2. The minimum atomic E-state index is -1.07. The van der Waals surface area contributed by atoms with Gasteiger partial charge in [-0.3, -0.25) is 24.0 Å². The van der Waals surface area contributed by atoms with Gasteiger partial charge in [0.2, 0.25) is 5.91 Å². The third kappa shape index (κ3) is 29.0. The zero-order valence-corrected chi connectivity index (χ0v) is 28.8. The molecule has 270 valence electrons. The largest absolute Gasteiger partial charge is 0.481 e. The molecule has 0 aromatic heterocycles. The summed E-state index contributed by atoms with van der Waals surface area (Å²) < 4.78 is 21.4. The Morgan fingerprint density at radius 1 is 0.723 bits per heavy atom. The summed E-state index contributed by atoms with van der Waals surface area (Å²) in [6.45, 7) is 8.17. The summed E-state index contributed by atoms with van der Waals surface area (Å²) in [6, 6.07) is 0. The maximum absolute atomic E-state index is 12.3. The van der Waals surface area contributed by atoms with E-state index >= 15 is 0 Å². The Kier molecular flexibility index (Phi) is 27.4. The van der Waals surface area contributed by atoms with Crippen molar-refractivity contribution >= 4 is 29.2 Å². The topological polar surface area (TPSA) is 203 Å². The molecule has 0 aromatic rings. The molecule has 0 aliphatic carbocycles. The van der Waals surface area contributed by atoms with Crippen LogP contribution < -0.4 is 5.32 Å². The van der Waals surface area contributed by atoms with Crippen LogP contribution in [0.25, 0.3) is 10.4 Å². The van der Waals surface area contributed by atoms with Gasteiger partial charge in [0, 0.05) is 55.7 Å². The second-order valence-corrected chi connectivity index (χ2v) is 12.5. The molecule has 0 aromatic carbocycles. The molecule has 2 N–H and O–H groups in total. The van der Waals surface area contributed by atoms with Crippen LogP contribution in [0.2, 0.25) is 0 Å². The average Bonchev–Trinajstić information content (AvgIpc) is 3.01. The summed E-state index contributed by atoms with van der Waals surface area (Å²) >= 11 is 0. The molecule has 1 atom stereocenters. The van der Waals surface area contributed by atoms with Crippen molar-refractivity contribution in [3.8, 4) is 0 Å². The molecule has 0 saturated carbocycles. The minimum absolute atomic E-state index is 0.00637. The maximum atomic E-state index is 12.3. The number of carboxylic acids is 1. The van der Waals surface area contributed by atoms with Crippen LogP contribution in [0, 0.1) is 11.3 Å². The second-order valence-electron chi connectivity index (χ2n) is 12.5. The highest BCUT2D eigenvalue weighted by Crippen LogP contribution is 2.16. The van der Waals surface area contributed by atoms with E-state index in [0.29, 0.717) is 45.6 Å². The highest BCUT2D eigenvalue weighted by molar-refractivity contribution is 5.85. The number of aliphatic carboxylic acids is 1. The summed E-state index contributed by atoms with van der Waals surface area (Å²) in [6.07, 6.45) is 7.91. The Hall–Kier alpha value is -2.90. The molecule has 0 fully saturated rings. The molecule has 0 bridgehead atoms. The van der Waals surface area contributed by atoms with Gasteiger partial charge >= 0.3 is 5.97 Å². The SMILES string of the molecule is CC(C)(C)C(=O)COCCOCCCC(=O)COCCOCCNC(=O)CC[C@H](CC(=O)CCCCCCCCCN=[N+]=[N-])C(=O)O. The molecule has 0 saturated heterocycles. The molecule has 0 rings (SSSR count). The number of nitrogens with one attached hydrogen (secondary N) is 1. The highest BCUT2D eigenvalue weighted by Gasteiger charge is 2.22. The van der Waals surface area contributed by atoms with Gasteiger partial charge < -0.3 is 29.4 Å². The first kappa shape index (κ1) is 44.1. The summed E-state index contributed by atoms with van der Waals surface area (Å²) in [5.74, 6) is -2.37. The van der Waals surface area contributed by atoms with Crippen LogP contribution in [0.1, 0.15) is 104 Å². The van der Waals surface area contributed by atoms with Gasteiger partial charge in [0.05, 0.1) is 39.0 Å². The highest BCUT2D eigenvalue weighted by atomic mass is 16.5. The van der Waals surface area contributed by atoms with E-state index in [9.17, 15) is 29.1 Å². The quantitative estimate of drug-likeness (QED) is 0.0414. The number of rotatable bonds is 33. The predicted octanol–water partition coefficient (Wildman–Crippen LogP) is 5.00. The van der Waals surface area contributed by atoms with E-state index in [2.05, 4.69) is 15.3 Å². The fourth-order valence-corrected chi connectivity index (χ4v) is 4.23. The first-order valence-electron chi connectivity index (χ1n) is 16.8. The Balaban J connectivity index is 3.72. The second kappa shape index (κ2) is 29.3. The third-order valence-corrected chi connectivity index (χ3v) is 7.21. The predicted molar refractivity (Wildman–Crippen MR) is 176 cm³/mol. The number of carbonyl (C=O) groups is 5. The van der Waals surface area contributed by atoms with Gasteiger partial charge in [-0.15, -0.1) is 0 Å². The number of amides is 1. The van der Waals surface area contributed by atoms with E-state index in [-0.39, 0.29) is 82.1 Å². The monoisotopic (exact) mass is 670 g/mol. The lowest BCUT2D eigenvalue weighted by Gasteiger charge is -2.16. The van der Waals surface area contributed by atoms with E-state index in [1.165, 1.54) is 0 Å². The fraction of sp³-hybridized carbons (Fsp3) is 0.848.